The van der Waals surface area contributed by atoms with E-state index >= 15 is 0 Å². The van der Waals surface area contributed by atoms with Crippen LogP contribution in [0.1, 0.15) is 24.0 Å². The molecule has 2 rings (SSSR count). The van der Waals surface area contributed by atoms with Crippen LogP contribution in [-0.4, -0.2) is 5.78 Å². The maximum absolute atomic E-state index is 10.9. The van der Waals surface area contributed by atoms with Gasteiger partial charge in [-0.05, 0) is 30.2 Å². The minimum absolute atomic E-state index is 0.0579. The number of carbonyl (C=O) groups excluding carboxylic acids is 1. The van der Waals surface area contributed by atoms with Crippen molar-refractivity contribution in [3.8, 4) is 0 Å². The molecule has 0 radical (unpaired) electrons. The third-order valence-corrected chi connectivity index (χ3v) is 2.23. The van der Waals surface area contributed by atoms with E-state index in [1.807, 2.05) is 18.2 Å². The number of benzene rings is 1. The Bertz CT molecular complexity index is 330. The summed E-state index contributed by atoms with van der Waals surface area (Å²) in [5.74, 6) is 0.268. The fourth-order valence-electron chi connectivity index (χ4n) is 1.42. The second kappa shape index (κ2) is 2.08. The highest BCUT2D eigenvalue weighted by Gasteiger charge is 2.35. The number of fused-ring (bicyclic) bond motifs is 1. The molecule has 1 aliphatic carbocycles. The zero-order valence-electron chi connectivity index (χ0n) is 6.10. The zero-order chi connectivity index (χ0) is 8.01. The molecule has 0 aliphatic heterocycles. The van der Waals surface area contributed by atoms with Crippen LogP contribution >= 0.6 is 11.6 Å². The van der Waals surface area contributed by atoms with Crippen LogP contribution in [0.4, 0.5) is 0 Å². The third-order valence-electron chi connectivity index (χ3n) is 1.99. The van der Waals surface area contributed by atoms with Crippen LogP contribution in [-0.2, 0) is 4.79 Å². The molecule has 1 aromatic rings. The number of halogens is 1. The second-order valence-corrected chi connectivity index (χ2v) is 3.25. The molecule has 1 atom stereocenters. The van der Waals surface area contributed by atoms with E-state index in [1.165, 1.54) is 0 Å². The first-order valence-electron chi connectivity index (χ1n) is 3.50. The summed E-state index contributed by atoms with van der Waals surface area (Å²) in [4.78, 5) is 10.9. The molecule has 0 unspecified atom stereocenters. The van der Waals surface area contributed by atoms with Gasteiger partial charge in [0, 0.05) is 5.02 Å². The second-order valence-electron chi connectivity index (χ2n) is 2.82. The van der Waals surface area contributed by atoms with E-state index in [0.717, 1.165) is 11.1 Å². The molecule has 0 saturated heterocycles. The molecule has 0 fully saturated rings. The molecule has 0 saturated carbocycles. The Morgan fingerprint density at radius 2 is 2.18 bits per heavy atom. The maximum Gasteiger partial charge on any atom is 0.141 e. The lowest BCUT2D eigenvalue weighted by atomic mass is 10.2. The van der Waals surface area contributed by atoms with Crippen molar-refractivity contribution in [1.82, 2.24) is 0 Å². The number of carbonyl (C=O) groups is 1. The summed E-state index contributed by atoms with van der Waals surface area (Å²) in [5.41, 5.74) is 2.24. The van der Waals surface area contributed by atoms with Gasteiger partial charge in [0.1, 0.15) is 5.78 Å². The molecule has 0 amide bonds. The van der Waals surface area contributed by atoms with Crippen molar-refractivity contribution in [1.29, 1.82) is 0 Å². The highest BCUT2D eigenvalue weighted by molar-refractivity contribution is 6.30. The van der Waals surface area contributed by atoms with E-state index in [0.29, 0.717) is 5.02 Å². The first kappa shape index (κ1) is 6.86. The number of Topliss-reactive ketones (excluding diaryl/α,β-unsaturated/α-hetero) is 1. The van der Waals surface area contributed by atoms with Gasteiger partial charge >= 0.3 is 0 Å². The SMILES string of the molecule is CC(=O)[C@@H]1c2ccc(Cl)cc21. The molecule has 0 aromatic heterocycles. The van der Waals surface area contributed by atoms with Crippen LogP contribution in [0.25, 0.3) is 0 Å². The van der Waals surface area contributed by atoms with Gasteiger partial charge in [-0.15, -0.1) is 0 Å². The van der Waals surface area contributed by atoms with Gasteiger partial charge in [-0.2, -0.15) is 0 Å². The summed E-state index contributed by atoms with van der Waals surface area (Å²) in [6.07, 6.45) is 0. The average molecular weight is 167 g/mol. The van der Waals surface area contributed by atoms with Crippen LogP contribution < -0.4 is 0 Å². The lowest BCUT2D eigenvalue weighted by Gasteiger charge is -1.81. The molecule has 0 heterocycles. The Morgan fingerprint density at radius 3 is 2.73 bits per heavy atom. The minimum atomic E-state index is 0.0579. The van der Waals surface area contributed by atoms with Gasteiger partial charge in [-0.3, -0.25) is 4.79 Å². The number of hydrogen-bond acceptors (Lipinski definition) is 1. The standard InChI is InChI=1S/C9H7ClO/c1-5(11)9-7-3-2-6(10)4-8(7)9/h2-4,9H,1H3/t9-/m1/s1. The van der Waals surface area contributed by atoms with Crippen molar-refractivity contribution in [2.45, 2.75) is 12.8 Å². The van der Waals surface area contributed by atoms with Gasteiger partial charge in [0.25, 0.3) is 0 Å². The minimum Gasteiger partial charge on any atom is -0.299 e. The summed E-state index contributed by atoms with van der Waals surface area (Å²) in [6, 6.07) is 5.61. The molecular weight excluding hydrogens is 160 g/mol. The molecule has 0 spiro atoms. The van der Waals surface area contributed by atoms with Crippen LogP contribution in [0.15, 0.2) is 18.2 Å². The van der Waals surface area contributed by atoms with E-state index in [1.54, 1.807) is 6.92 Å². The van der Waals surface area contributed by atoms with Crippen molar-refractivity contribution in [3.05, 3.63) is 34.3 Å². The normalized spacial score (nSPS) is 19.3. The van der Waals surface area contributed by atoms with E-state index in [9.17, 15) is 4.79 Å². The average Bonchev–Trinajstić information content (AvgIpc) is 2.60. The number of ketones is 1. The van der Waals surface area contributed by atoms with Gasteiger partial charge in [0.15, 0.2) is 0 Å². The molecule has 56 valence electrons. The Kier molecular flexibility index (Phi) is 1.30. The van der Waals surface area contributed by atoms with E-state index in [2.05, 4.69) is 0 Å². The van der Waals surface area contributed by atoms with Gasteiger partial charge < -0.3 is 0 Å². The number of hydrogen-bond donors (Lipinski definition) is 0. The maximum atomic E-state index is 10.9. The van der Waals surface area contributed by atoms with Crippen molar-refractivity contribution in [3.63, 3.8) is 0 Å². The monoisotopic (exact) mass is 166 g/mol. The van der Waals surface area contributed by atoms with Gasteiger partial charge in [-0.25, -0.2) is 0 Å². The Hall–Kier alpha value is -0.820. The molecule has 11 heavy (non-hydrogen) atoms. The summed E-state index contributed by atoms with van der Waals surface area (Å²) in [5, 5.41) is 0.715. The molecule has 0 N–H and O–H groups in total. The molecule has 1 nitrogen and oxygen atoms in total. The van der Waals surface area contributed by atoms with Gasteiger partial charge in [0.2, 0.25) is 0 Å². The predicted molar refractivity (Wildman–Crippen MR) is 44.0 cm³/mol. The fourth-order valence-corrected chi connectivity index (χ4v) is 1.60. The highest BCUT2D eigenvalue weighted by atomic mass is 35.5. The predicted octanol–water partition coefficient (Wildman–Crippen LogP) is 2.37. The molecule has 1 aliphatic rings. The lowest BCUT2D eigenvalue weighted by Crippen LogP contribution is -1.89. The van der Waals surface area contributed by atoms with Gasteiger partial charge in [-0.1, -0.05) is 17.7 Å². The first-order valence-corrected chi connectivity index (χ1v) is 3.88. The first-order chi connectivity index (χ1) is 5.20. The summed E-state index contributed by atoms with van der Waals surface area (Å²) >= 11 is 5.74. The zero-order valence-corrected chi connectivity index (χ0v) is 6.85. The summed E-state index contributed by atoms with van der Waals surface area (Å²) in [6.45, 7) is 1.61. The molecular formula is C9H7ClO. The summed E-state index contributed by atoms with van der Waals surface area (Å²) < 4.78 is 0. The third kappa shape index (κ3) is 0.962. The highest BCUT2D eigenvalue weighted by Crippen LogP contribution is 2.44. The van der Waals surface area contributed by atoms with Crippen molar-refractivity contribution >= 4 is 17.4 Å². The Balaban J connectivity index is 2.38. The lowest BCUT2D eigenvalue weighted by molar-refractivity contribution is -0.116. The topological polar surface area (TPSA) is 17.1 Å². The number of rotatable bonds is 1. The summed E-state index contributed by atoms with van der Waals surface area (Å²) in [7, 11) is 0. The smallest absolute Gasteiger partial charge is 0.141 e. The van der Waals surface area contributed by atoms with Crippen molar-refractivity contribution in [2.75, 3.05) is 0 Å². The van der Waals surface area contributed by atoms with E-state index in [4.69, 9.17) is 11.6 Å². The van der Waals surface area contributed by atoms with Gasteiger partial charge in [0.05, 0.1) is 5.92 Å². The van der Waals surface area contributed by atoms with Crippen LogP contribution in [0.3, 0.4) is 0 Å². The van der Waals surface area contributed by atoms with E-state index < -0.39 is 0 Å². The van der Waals surface area contributed by atoms with Crippen molar-refractivity contribution in [2.24, 2.45) is 0 Å². The fraction of sp³-hybridized carbons (Fsp3) is 0.222. The largest absolute Gasteiger partial charge is 0.299 e. The van der Waals surface area contributed by atoms with E-state index in [-0.39, 0.29) is 11.7 Å². The van der Waals surface area contributed by atoms with Crippen LogP contribution in [0.5, 0.6) is 0 Å². The molecule has 2 heteroatoms. The molecule has 0 bridgehead atoms. The Morgan fingerprint density at radius 1 is 1.45 bits per heavy atom. The van der Waals surface area contributed by atoms with Crippen molar-refractivity contribution < 1.29 is 4.79 Å². The quantitative estimate of drug-likeness (QED) is 0.626. The Labute approximate surface area is 70.0 Å². The van der Waals surface area contributed by atoms with Crippen LogP contribution in [0.2, 0.25) is 5.02 Å². The molecule has 1 aromatic carbocycles. The van der Waals surface area contributed by atoms with Crippen LogP contribution in [0, 0.1) is 0 Å².